The summed E-state index contributed by atoms with van der Waals surface area (Å²) >= 11 is 0. The van der Waals surface area contributed by atoms with Crippen LogP contribution in [0.15, 0.2) is 0 Å². The molecule has 5 heteroatoms. The van der Waals surface area contributed by atoms with Gasteiger partial charge in [0.2, 0.25) is 0 Å². The van der Waals surface area contributed by atoms with Gasteiger partial charge >= 0.3 is 0 Å². The van der Waals surface area contributed by atoms with Crippen LogP contribution in [-0.2, 0) is 4.74 Å². The minimum atomic E-state index is -1.41. The van der Waals surface area contributed by atoms with Gasteiger partial charge in [0, 0.05) is 0 Å². The third-order valence-electron chi connectivity index (χ3n) is 1.47. The van der Waals surface area contributed by atoms with Crippen molar-refractivity contribution in [2.75, 3.05) is 6.61 Å². The van der Waals surface area contributed by atoms with E-state index in [0.29, 0.717) is 0 Å². The molecule has 0 aromatic carbocycles. The van der Waals surface area contributed by atoms with Crippen LogP contribution in [0.1, 0.15) is 0 Å². The summed E-state index contributed by atoms with van der Waals surface area (Å²) in [5.41, 5.74) is 0. The Morgan fingerprint density at radius 3 is 2.10 bits per heavy atom. The molecule has 1 aliphatic heterocycles. The van der Waals surface area contributed by atoms with Gasteiger partial charge in [-0.25, -0.2) is 0 Å². The van der Waals surface area contributed by atoms with Crippen LogP contribution in [0.5, 0.6) is 0 Å². The highest BCUT2D eigenvalue weighted by Gasteiger charge is 2.36. The average Bonchev–Trinajstić information content (AvgIpc) is 1.93. The van der Waals surface area contributed by atoms with E-state index < -0.39 is 24.6 Å². The van der Waals surface area contributed by atoms with Crippen molar-refractivity contribution in [1.29, 1.82) is 0 Å². The minimum absolute atomic E-state index is 0.153. The topological polar surface area (TPSA) is 90.2 Å². The molecule has 1 unspecified atom stereocenters. The van der Waals surface area contributed by atoms with Crippen molar-refractivity contribution in [3.8, 4) is 0 Å². The number of hydrogen-bond acceptors (Lipinski definition) is 5. The SMILES string of the molecule is OC1O[13CH2][C@@H](O)[C@@H](O)[C@@H]1O. The Bertz CT molecular complexity index is 103. The number of aliphatic hydroxyl groups excluding tert-OH is 4. The van der Waals surface area contributed by atoms with E-state index in [-0.39, 0.29) is 6.61 Å². The molecule has 0 radical (unpaired) electrons. The average molecular weight is 151 g/mol. The maximum Gasteiger partial charge on any atom is 0.183 e. The van der Waals surface area contributed by atoms with Crippen LogP contribution in [0, 0.1) is 0 Å². The van der Waals surface area contributed by atoms with E-state index in [2.05, 4.69) is 4.74 Å². The number of ether oxygens (including phenoxy) is 1. The van der Waals surface area contributed by atoms with Gasteiger partial charge in [0.1, 0.15) is 18.3 Å². The Hall–Kier alpha value is -0.200. The van der Waals surface area contributed by atoms with Gasteiger partial charge in [0.25, 0.3) is 0 Å². The smallest absolute Gasteiger partial charge is 0.183 e. The first kappa shape index (κ1) is 7.90. The number of hydrogen-bond donors (Lipinski definition) is 4. The molecule has 1 saturated heterocycles. The van der Waals surface area contributed by atoms with Gasteiger partial charge in [-0.1, -0.05) is 0 Å². The Morgan fingerprint density at radius 2 is 1.60 bits per heavy atom. The van der Waals surface area contributed by atoms with Gasteiger partial charge in [0.15, 0.2) is 6.29 Å². The number of rotatable bonds is 0. The maximum absolute atomic E-state index is 8.88. The van der Waals surface area contributed by atoms with Crippen LogP contribution < -0.4 is 0 Å². The van der Waals surface area contributed by atoms with Gasteiger partial charge in [-0.05, 0) is 0 Å². The summed E-state index contributed by atoms with van der Waals surface area (Å²) in [6, 6.07) is 0. The van der Waals surface area contributed by atoms with Crippen LogP contribution in [0.4, 0.5) is 0 Å². The van der Waals surface area contributed by atoms with Gasteiger partial charge in [-0.2, -0.15) is 0 Å². The zero-order valence-corrected chi connectivity index (χ0v) is 5.21. The van der Waals surface area contributed by atoms with E-state index in [1.165, 1.54) is 0 Å². The standard InChI is InChI=1S/C5H10O5/c6-2-1-10-5(9)4(8)3(2)7/h2-9H,1H2/t2-,3-,4+,5?/m1/s1/i1+1. The molecule has 0 saturated carbocycles. The van der Waals surface area contributed by atoms with Crippen LogP contribution in [0.3, 0.4) is 0 Å². The first-order valence-corrected chi connectivity index (χ1v) is 2.97. The summed E-state index contributed by atoms with van der Waals surface area (Å²) in [5.74, 6) is 0. The summed E-state index contributed by atoms with van der Waals surface area (Å²) in [4.78, 5) is 0. The number of aliphatic hydroxyl groups is 4. The normalized spacial score (nSPS) is 49.2. The molecule has 0 aromatic rings. The molecule has 60 valence electrons. The first-order chi connectivity index (χ1) is 4.63. The lowest BCUT2D eigenvalue weighted by molar-refractivity contribution is -0.252. The lowest BCUT2D eigenvalue weighted by Gasteiger charge is -2.31. The predicted octanol–water partition coefficient (Wildman–Crippen LogP) is -2.58. The lowest BCUT2D eigenvalue weighted by atomic mass is 10.1. The molecule has 0 aromatic heterocycles. The van der Waals surface area contributed by atoms with E-state index in [4.69, 9.17) is 20.4 Å². The lowest BCUT2D eigenvalue weighted by Crippen LogP contribution is -2.52. The fraction of sp³-hybridized carbons (Fsp3) is 1.00. The predicted molar refractivity (Wildman–Crippen MR) is 30.0 cm³/mol. The fourth-order valence-electron chi connectivity index (χ4n) is 0.791. The molecule has 1 aliphatic rings. The molecular formula is C5H10O5. The van der Waals surface area contributed by atoms with E-state index in [1.54, 1.807) is 0 Å². The molecule has 10 heavy (non-hydrogen) atoms. The third kappa shape index (κ3) is 1.28. The minimum Gasteiger partial charge on any atom is -0.388 e. The molecule has 1 rings (SSSR count). The van der Waals surface area contributed by atoms with E-state index >= 15 is 0 Å². The molecule has 0 spiro atoms. The fourth-order valence-corrected chi connectivity index (χ4v) is 0.791. The van der Waals surface area contributed by atoms with Crippen molar-refractivity contribution in [2.24, 2.45) is 0 Å². The Morgan fingerprint density at radius 1 is 1.00 bits per heavy atom. The largest absolute Gasteiger partial charge is 0.388 e. The van der Waals surface area contributed by atoms with Crippen molar-refractivity contribution >= 4 is 0 Å². The second-order valence-electron chi connectivity index (χ2n) is 2.27. The van der Waals surface area contributed by atoms with Crippen molar-refractivity contribution in [1.82, 2.24) is 0 Å². The highest BCUT2D eigenvalue weighted by atomic mass is 16.7. The molecule has 5 nitrogen and oxygen atoms in total. The molecule has 0 aliphatic carbocycles. The van der Waals surface area contributed by atoms with Crippen LogP contribution in [0.25, 0.3) is 0 Å². The van der Waals surface area contributed by atoms with Crippen molar-refractivity contribution in [2.45, 2.75) is 24.6 Å². The van der Waals surface area contributed by atoms with Crippen molar-refractivity contribution in [3.63, 3.8) is 0 Å². The second kappa shape index (κ2) is 2.81. The molecule has 4 N–H and O–H groups in total. The highest BCUT2D eigenvalue weighted by molar-refractivity contribution is 4.81. The van der Waals surface area contributed by atoms with E-state index in [0.717, 1.165) is 0 Å². The Kier molecular flexibility index (Phi) is 2.22. The van der Waals surface area contributed by atoms with Gasteiger partial charge in [0.05, 0.1) is 6.61 Å². The zero-order valence-electron chi connectivity index (χ0n) is 5.21. The second-order valence-corrected chi connectivity index (χ2v) is 2.27. The molecule has 0 bridgehead atoms. The zero-order chi connectivity index (χ0) is 7.72. The molecule has 1 fully saturated rings. The van der Waals surface area contributed by atoms with Crippen LogP contribution >= 0.6 is 0 Å². The molecule has 1 heterocycles. The monoisotopic (exact) mass is 151 g/mol. The Labute approximate surface area is 57.5 Å². The van der Waals surface area contributed by atoms with Gasteiger partial charge in [-0.15, -0.1) is 0 Å². The van der Waals surface area contributed by atoms with E-state index in [9.17, 15) is 0 Å². The molecule has 0 amide bonds. The van der Waals surface area contributed by atoms with Crippen molar-refractivity contribution in [3.05, 3.63) is 0 Å². The first-order valence-electron chi connectivity index (χ1n) is 2.97. The summed E-state index contributed by atoms with van der Waals surface area (Å²) < 4.78 is 4.47. The maximum atomic E-state index is 8.88. The summed E-state index contributed by atoms with van der Waals surface area (Å²) in [7, 11) is 0. The summed E-state index contributed by atoms with van der Waals surface area (Å²) in [5, 5.41) is 35.3. The van der Waals surface area contributed by atoms with Gasteiger partial charge in [-0.3, -0.25) is 0 Å². The van der Waals surface area contributed by atoms with Crippen LogP contribution in [-0.4, -0.2) is 51.6 Å². The van der Waals surface area contributed by atoms with E-state index in [1.807, 2.05) is 0 Å². The van der Waals surface area contributed by atoms with Crippen molar-refractivity contribution < 1.29 is 25.2 Å². The molecular weight excluding hydrogens is 141 g/mol. The third-order valence-corrected chi connectivity index (χ3v) is 1.47. The Balaban J connectivity index is 2.52. The molecule has 4 atom stereocenters. The summed E-state index contributed by atoms with van der Waals surface area (Å²) in [6.45, 7) is -0.153. The van der Waals surface area contributed by atoms with Gasteiger partial charge < -0.3 is 25.2 Å². The summed E-state index contributed by atoms with van der Waals surface area (Å²) in [6.07, 6.45) is -5.23. The highest BCUT2D eigenvalue weighted by Crippen LogP contribution is 2.12. The quantitative estimate of drug-likeness (QED) is 0.285. The van der Waals surface area contributed by atoms with Crippen LogP contribution in [0.2, 0.25) is 0 Å².